The molecule has 1 aromatic carbocycles. The van der Waals surface area contributed by atoms with Gasteiger partial charge < -0.3 is 0 Å². The standard InChI is InChI=1S/C11H8Cl2N2O2S2/c12-8-1-4-10(5-2-8)19(16,17)15-14-7-9-3-6-11(13)18-9/h1-7,15H. The van der Waals surface area contributed by atoms with Crippen molar-refractivity contribution in [1.29, 1.82) is 0 Å². The molecule has 8 heteroatoms. The van der Waals surface area contributed by atoms with Gasteiger partial charge in [0.05, 0.1) is 15.4 Å². The Labute approximate surface area is 124 Å². The number of sulfonamides is 1. The van der Waals surface area contributed by atoms with Crippen molar-refractivity contribution in [1.82, 2.24) is 4.83 Å². The molecule has 0 aliphatic carbocycles. The van der Waals surface area contributed by atoms with E-state index < -0.39 is 10.0 Å². The minimum Gasteiger partial charge on any atom is -0.200 e. The monoisotopic (exact) mass is 334 g/mol. The van der Waals surface area contributed by atoms with E-state index in [-0.39, 0.29) is 4.90 Å². The summed E-state index contributed by atoms with van der Waals surface area (Å²) < 4.78 is 24.3. The molecule has 0 saturated carbocycles. The molecule has 0 aliphatic heterocycles. The molecule has 19 heavy (non-hydrogen) atoms. The molecular formula is C11H8Cl2N2O2S2. The lowest BCUT2D eigenvalue weighted by molar-refractivity contribution is 0.584. The number of nitrogens with one attached hydrogen (secondary N) is 1. The van der Waals surface area contributed by atoms with Crippen molar-refractivity contribution in [3.05, 3.63) is 50.6 Å². The Morgan fingerprint density at radius 2 is 1.79 bits per heavy atom. The minimum atomic E-state index is -3.68. The van der Waals surface area contributed by atoms with E-state index >= 15 is 0 Å². The highest BCUT2D eigenvalue weighted by molar-refractivity contribution is 7.89. The second kappa shape index (κ2) is 5.92. The lowest BCUT2D eigenvalue weighted by Crippen LogP contribution is -2.18. The first kappa shape index (κ1) is 14.3. The predicted octanol–water partition coefficient (Wildman–Crippen LogP) is 3.37. The highest BCUT2D eigenvalue weighted by atomic mass is 35.5. The van der Waals surface area contributed by atoms with E-state index in [1.807, 2.05) is 0 Å². The highest BCUT2D eigenvalue weighted by Crippen LogP contribution is 2.19. The summed E-state index contributed by atoms with van der Waals surface area (Å²) in [4.78, 5) is 2.96. The van der Waals surface area contributed by atoms with Gasteiger partial charge in [-0.2, -0.15) is 13.5 Å². The second-order valence-electron chi connectivity index (χ2n) is 3.45. The van der Waals surface area contributed by atoms with Crippen molar-refractivity contribution in [3.63, 3.8) is 0 Å². The van der Waals surface area contributed by atoms with Gasteiger partial charge in [-0.1, -0.05) is 23.2 Å². The molecule has 2 rings (SSSR count). The van der Waals surface area contributed by atoms with Gasteiger partial charge in [-0.05, 0) is 36.4 Å². The molecule has 100 valence electrons. The summed E-state index contributed by atoms with van der Waals surface area (Å²) in [6.45, 7) is 0. The van der Waals surface area contributed by atoms with E-state index in [0.29, 0.717) is 9.36 Å². The van der Waals surface area contributed by atoms with Crippen LogP contribution >= 0.6 is 34.5 Å². The second-order valence-corrected chi connectivity index (χ2v) is 7.29. The Kier molecular flexibility index (Phi) is 4.46. The third-order valence-corrected chi connectivity index (χ3v) is 4.74. The van der Waals surface area contributed by atoms with E-state index in [1.54, 1.807) is 12.1 Å². The van der Waals surface area contributed by atoms with Crippen LogP contribution in [-0.2, 0) is 10.0 Å². The average molecular weight is 335 g/mol. The van der Waals surface area contributed by atoms with Crippen LogP contribution in [0.15, 0.2) is 46.4 Å². The van der Waals surface area contributed by atoms with Gasteiger partial charge in [-0.15, -0.1) is 11.3 Å². The number of nitrogens with zero attached hydrogens (tertiary/aromatic N) is 1. The van der Waals surface area contributed by atoms with Crippen molar-refractivity contribution in [2.24, 2.45) is 5.10 Å². The lowest BCUT2D eigenvalue weighted by atomic mass is 10.4. The smallest absolute Gasteiger partial charge is 0.200 e. The SMILES string of the molecule is O=S(=O)(NN=Cc1ccc(Cl)s1)c1ccc(Cl)cc1. The van der Waals surface area contributed by atoms with E-state index in [1.165, 1.54) is 41.8 Å². The number of hydrogen-bond donors (Lipinski definition) is 1. The maximum Gasteiger partial charge on any atom is 0.276 e. The Bertz CT molecular complexity index is 694. The minimum absolute atomic E-state index is 0.0956. The fourth-order valence-electron chi connectivity index (χ4n) is 1.22. The summed E-state index contributed by atoms with van der Waals surface area (Å²) in [6, 6.07) is 9.26. The molecule has 4 nitrogen and oxygen atoms in total. The summed E-state index contributed by atoms with van der Waals surface area (Å²) in [7, 11) is -3.68. The van der Waals surface area contributed by atoms with Crippen molar-refractivity contribution >= 4 is 50.8 Å². The van der Waals surface area contributed by atoms with Crippen LogP contribution in [0.1, 0.15) is 4.88 Å². The van der Waals surface area contributed by atoms with Crippen LogP contribution in [-0.4, -0.2) is 14.6 Å². The summed E-state index contributed by atoms with van der Waals surface area (Å²) in [5.74, 6) is 0. The van der Waals surface area contributed by atoms with Crippen LogP contribution in [0.4, 0.5) is 0 Å². The number of halogens is 2. The van der Waals surface area contributed by atoms with Gasteiger partial charge in [-0.25, -0.2) is 4.83 Å². The fraction of sp³-hybridized carbons (Fsp3) is 0. The van der Waals surface area contributed by atoms with Crippen LogP contribution in [0.25, 0.3) is 0 Å². The molecule has 1 aromatic heterocycles. The Hall–Kier alpha value is -1.08. The van der Waals surface area contributed by atoms with Crippen LogP contribution < -0.4 is 4.83 Å². The topological polar surface area (TPSA) is 58.5 Å². The number of benzene rings is 1. The van der Waals surface area contributed by atoms with Crippen LogP contribution in [0.5, 0.6) is 0 Å². The number of rotatable bonds is 4. The average Bonchev–Trinajstić information content (AvgIpc) is 2.75. The molecule has 0 atom stereocenters. The van der Waals surface area contributed by atoms with Crippen molar-refractivity contribution in [2.75, 3.05) is 0 Å². The predicted molar refractivity (Wildman–Crippen MR) is 78.7 cm³/mol. The largest absolute Gasteiger partial charge is 0.276 e. The van der Waals surface area contributed by atoms with Crippen LogP contribution in [0.3, 0.4) is 0 Å². The molecule has 0 saturated heterocycles. The van der Waals surface area contributed by atoms with Gasteiger partial charge in [0.2, 0.25) is 0 Å². The Morgan fingerprint density at radius 3 is 2.37 bits per heavy atom. The van der Waals surface area contributed by atoms with Gasteiger partial charge in [0, 0.05) is 9.90 Å². The summed E-state index contributed by atoms with van der Waals surface area (Å²) in [6.07, 6.45) is 1.39. The number of hydrazone groups is 1. The fourth-order valence-corrected chi connectivity index (χ4v) is 3.07. The summed E-state index contributed by atoms with van der Waals surface area (Å²) in [5, 5.41) is 4.15. The molecule has 0 fully saturated rings. The zero-order chi connectivity index (χ0) is 13.9. The highest BCUT2D eigenvalue weighted by Gasteiger charge is 2.11. The van der Waals surface area contributed by atoms with E-state index in [9.17, 15) is 8.42 Å². The molecule has 1 N–H and O–H groups in total. The maximum atomic E-state index is 11.8. The molecule has 0 amide bonds. The van der Waals surface area contributed by atoms with E-state index in [4.69, 9.17) is 23.2 Å². The first-order valence-corrected chi connectivity index (χ1v) is 8.09. The van der Waals surface area contributed by atoms with E-state index in [0.717, 1.165) is 4.88 Å². The van der Waals surface area contributed by atoms with Gasteiger partial charge in [-0.3, -0.25) is 0 Å². The first-order chi connectivity index (χ1) is 8.97. The zero-order valence-corrected chi connectivity index (χ0v) is 12.5. The molecule has 0 spiro atoms. The number of hydrogen-bond acceptors (Lipinski definition) is 4. The van der Waals surface area contributed by atoms with Gasteiger partial charge in [0.25, 0.3) is 10.0 Å². The van der Waals surface area contributed by atoms with Crippen molar-refractivity contribution in [3.8, 4) is 0 Å². The molecule has 0 bridgehead atoms. The summed E-state index contributed by atoms with van der Waals surface area (Å²) in [5.41, 5.74) is 0. The molecule has 0 radical (unpaired) electrons. The first-order valence-electron chi connectivity index (χ1n) is 5.03. The van der Waals surface area contributed by atoms with Crippen molar-refractivity contribution in [2.45, 2.75) is 4.90 Å². The molecule has 1 heterocycles. The normalized spacial score (nSPS) is 11.9. The number of thiophene rings is 1. The van der Waals surface area contributed by atoms with Crippen molar-refractivity contribution < 1.29 is 8.42 Å². The summed E-state index contributed by atoms with van der Waals surface area (Å²) >= 11 is 12.7. The van der Waals surface area contributed by atoms with Gasteiger partial charge in [0.1, 0.15) is 0 Å². The third kappa shape index (κ3) is 3.94. The maximum absolute atomic E-state index is 11.8. The van der Waals surface area contributed by atoms with Gasteiger partial charge >= 0.3 is 0 Å². The Morgan fingerprint density at radius 1 is 1.11 bits per heavy atom. The van der Waals surface area contributed by atoms with Gasteiger partial charge in [0.15, 0.2) is 0 Å². The quantitative estimate of drug-likeness (QED) is 0.688. The molecule has 2 aromatic rings. The molecular weight excluding hydrogens is 327 g/mol. The lowest BCUT2D eigenvalue weighted by Gasteiger charge is -2.02. The zero-order valence-electron chi connectivity index (χ0n) is 9.38. The molecule has 0 aliphatic rings. The van der Waals surface area contributed by atoms with E-state index in [2.05, 4.69) is 9.93 Å². The Balaban J connectivity index is 2.09. The van der Waals surface area contributed by atoms with Crippen LogP contribution in [0, 0.1) is 0 Å². The van der Waals surface area contributed by atoms with Crippen LogP contribution in [0.2, 0.25) is 9.36 Å². The molecule has 0 unspecified atom stereocenters. The third-order valence-electron chi connectivity index (χ3n) is 2.08.